The molecule has 0 radical (unpaired) electrons. The zero-order valence-corrected chi connectivity index (χ0v) is 15.4. The Morgan fingerprint density at radius 2 is 1.89 bits per heavy atom. The molecule has 0 spiro atoms. The number of ether oxygens (including phenoxy) is 1. The van der Waals surface area contributed by atoms with Crippen molar-refractivity contribution in [3.63, 3.8) is 0 Å². The fraction of sp³-hybridized carbons (Fsp3) is 0.273. The van der Waals surface area contributed by atoms with Crippen LogP contribution in [0.4, 0.5) is 5.82 Å². The smallest absolute Gasteiger partial charge is 0.226 e. The van der Waals surface area contributed by atoms with E-state index >= 15 is 0 Å². The Bertz CT molecular complexity index is 934. The van der Waals surface area contributed by atoms with Gasteiger partial charge in [0.1, 0.15) is 18.2 Å². The maximum absolute atomic E-state index is 12.4. The van der Waals surface area contributed by atoms with Gasteiger partial charge in [-0.15, -0.1) is 0 Å². The number of fused-ring (bicyclic) bond motifs is 1. The van der Waals surface area contributed by atoms with E-state index in [2.05, 4.69) is 17.3 Å². The number of hydrogen-bond donors (Lipinski definition) is 1. The summed E-state index contributed by atoms with van der Waals surface area (Å²) in [4.78, 5) is 12.4. The van der Waals surface area contributed by atoms with Crippen molar-refractivity contribution in [3.8, 4) is 5.75 Å². The topological polar surface area (TPSA) is 56.2 Å². The van der Waals surface area contributed by atoms with Gasteiger partial charge in [0, 0.05) is 30.0 Å². The van der Waals surface area contributed by atoms with Crippen molar-refractivity contribution in [2.24, 2.45) is 0 Å². The second-order valence-corrected chi connectivity index (χ2v) is 6.79. The van der Waals surface area contributed by atoms with Crippen LogP contribution < -0.4 is 10.1 Å². The van der Waals surface area contributed by atoms with E-state index in [4.69, 9.17) is 4.74 Å². The molecule has 3 aromatic rings. The van der Waals surface area contributed by atoms with Crippen LogP contribution >= 0.6 is 0 Å². The molecule has 0 bridgehead atoms. The minimum Gasteiger partial charge on any atom is -0.489 e. The van der Waals surface area contributed by atoms with Crippen molar-refractivity contribution < 1.29 is 9.53 Å². The van der Waals surface area contributed by atoms with Gasteiger partial charge >= 0.3 is 0 Å². The Hall–Kier alpha value is -3.08. The number of rotatable bonds is 6. The van der Waals surface area contributed by atoms with Crippen molar-refractivity contribution in [3.05, 3.63) is 77.5 Å². The lowest BCUT2D eigenvalue weighted by atomic mass is 9.87. The molecule has 5 nitrogen and oxygen atoms in total. The lowest BCUT2D eigenvalue weighted by Gasteiger charge is -2.25. The molecule has 27 heavy (non-hydrogen) atoms. The summed E-state index contributed by atoms with van der Waals surface area (Å²) in [5, 5.41) is 7.47. The van der Waals surface area contributed by atoms with Crippen LogP contribution in [0.2, 0.25) is 0 Å². The van der Waals surface area contributed by atoms with Crippen molar-refractivity contribution in [1.82, 2.24) is 9.78 Å². The highest BCUT2D eigenvalue weighted by Crippen LogP contribution is 2.40. The molecule has 0 saturated carbocycles. The van der Waals surface area contributed by atoms with Gasteiger partial charge in [-0.3, -0.25) is 4.79 Å². The maximum Gasteiger partial charge on any atom is 0.226 e. The fourth-order valence-corrected chi connectivity index (χ4v) is 3.56. The number of aryl methyl sites for hydroxylation is 1. The molecule has 0 aliphatic carbocycles. The second kappa shape index (κ2) is 7.66. The summed E-state index contributed by atoms with van der Waals surface area (Å²) in [6.45, 7) is 3.39. The minimum absolute atomic E-state index is 0.0169. The number of anilines is 1. The third-order valence-corrected chi connectivity index (χ3v) is 4.86. The zero-order valence-electron chi connectivity index (χ0n) is 15.4. The molecule has 138 valence electrons. The molecule has 0 fully saturated rings. The first-order valence-corrected chi connectivity index (χ1v) is 9.37. The molecule has 1 aromatic heterocycles. The van der Waals surface area contributed by atoms with Gasteiger partial charge in [-0.1, -0.05) is 55.5 Å². The number of carbonyl (C=O) groups excluding carboxylic acids is 1. The van der Waals surface area contributed by atoms with Gasteiger partial charge in [0.15, 0.2) is 0 Å². The molecular formula is C22H23N3O2. The number of amides is 1. The third kappa shape index (κ3) is 3.58. The molecular weight excluding hydrogens is 338 g/mol. The molecule has 2 heterocycles. The summed E-state index contributed by atoms with van der Waals surface area (Å²) in [6.07, 6.45) is 3.24. The van der Waals surface area contributed by atoms with Crippen molar-refractivity contribution in [1.29, 1.82) is 0 Å². The van der Waals surface area contributed by atoms with Crippen LogP contribution in [0.3, 0.4) is 0 Å². The highest BCUT2D eigenvalue weighted by molar-refractivity contribution is 5.94. The summed E-state index contributed by atoms with van der Waals surface area (Å²) in [5.41, 5.74) is 3.20. The molecule has 1 aliphatic heterocycles. The molecule has 1 unspecified atom stereocenters. The minimum atomic E-state index is -0.0497. The van der Waals surface area contributed by atoms with Gasteiger partial charge in [-0.2, -0.15) is 5.10 Å². The highest BCUT2D eigenvalue weighted by Gasteiger charge is 2.31. The standard InChI is InChI=1S/C22H23N3O2/c1-2-12-25-22-19(14-23-25)18(13-21(26)24-22)17-10-6-7-11-20(17)27-15-16-8-4-3-5-9-16/h3-11,14,18H,2,12-13,15H2,1H3,(H,24,26). The monoisotopic (exact) mass is 361 g/mol. The van der Waals surface area contributed by atoms with Crippen molar-refractivity contribution >= 4 is 11.7 Å². The van der Waals surface area contributed by atoms with Gasteiger partial charge in [0.2, 0.25) is 5.91 Å². The molecule has 4 rings (SSSR count). The first kappa shape index (κ1) is 17.3. The first-order valence-electron chi connectivity index (χ1n) is 9.37. The predicted molar refractivity (Wildman–Crippen MR) is 105 cm³/mol. The largest absolute Gasteiger partial charge is 0.489 e. The van der Waals surface area contributed by atoms with E-state index in [0.29, 0.717) is 13.0 Å². The molecule has 1 amide bonds. The first-order chi connectivity index (χ1) is 13.3. The predicted octanol–water partition coefficient (Wildman–Crippen LogP) is 4.35. The average molecular weight is 361 g/mol. The Labute approximate surface area is 159 Å². The second-order valence-electron chi connectivity index (χ2n) is 6.79. The Morgan fingerprint density at radius 1 is 1.11 bits per heavy atom. The van der Waals surface area contributed by atoms with E-state index in [0.717, 1.165) is 41.2 Å². The number of nitrogens with one attached hydrogen (secondary N) is 1. The van der Waals surface area contributed by atoms with Gasteiger partial charge in [-0.25, -0.2) is 4.68 Å². The Kier molecular flexibility index (Phi) is 4.92. The number of benzene rings is 2. The van der Waals surface area contributed by atoms with Crippen LogP contribution in [0.25, 0.3) is 0 Å². The SMILES string of the molecule is CCCn1ncc2c1NC(=O)CC2c1ccccc1OCc1ccccc1. The summed E-state index contributed by atoms with van der Waals surface area (Å²) in [5.74, 6) is 1.60. The molecule has 1 aliphatic rings. The van der Waals surface area contributed by atoms with E-state index in [1.165, 1.54) is 0 Å². The van der Waals surface area contributed by atoms with Gasteiger partial charge in [0.05, 0.1) is 6.20 Å². The lowest BCUT2D eigenvalue weighted by molar-refractivity contribution is -0.116. The van der Waals surface area contributed by atoms with Crippen LogP contribution in [-0.4, -0.2) is 15.7 Å². The highest BCUT2D eigenvalue weighted by atomic mass is 16.5. The molecule has 2 aromatic carbocycles. The van der Waals surface area contributed by atoms with Crippen LogP contribution in [0, 0.1) is 0 Å². The van der Waals surface area contributed by atoms with Crippen LogP contribution in [-0.2, 0) is 17.9 Å². The number of para-hydroxylation sites is 1. The summed E-state index contributed by atoms with van der Waals surface area (Å²) >= 11 is 0. The third-order valence-electron chi connectivity index (χ3n) is 4.86. The fourth-order valence-electron chi connectivity index (χ4n) is 3.56. The zero-order chi connectivity index (χ0) is 18.6. The quantitative estimate of drug-likeness (QED) is 0.710. The number of hydrogen-bond acceptors (Lipinski definition) is 3. The van der Waals surface area contributed by atoms with Gasteiger partial charge in [0.25, 0.3) is 0 Å². The lowest BCUT2D eigenvalue weighted by Crippen LogP contribution is -2.25. The van der Waals surface area contributed by atoms with E-state index in [1.807, 2.05) is 65.5 Å². The maximum atomic E-state index is 12.4. The Balaban J connectivity index is 1.65. The normalized spacial score (nSPS) is 15.9. The summed E-state index contributed by atoms with van der Waals surface area (Å²) in [6, 6.07) is 18.1. The molecule has 1 atom stereocenters. The van der Waals surface area contributed by atoms with Crippen LogP contribution in [0.5, 0.6) is 5.75 Å². The van der Waals surface area contributed by atoms with E-state index in [9.17, 15) is 4.79 Å². The van der Waals surface area contributed by atoms with Crippen LogP contribution in [0.15, 0.2) is 60.8 Å². The van der Waals surface area contributed by atoms with E-state index in [-0.39, 0.29) is 11.8 Å². The number of carbonyl (C=O) groups is 1. The van der Waals surface area contributed by atoms with E-state index in [1.54, 1.807) is 0 Å². The molecule has 0 saturated heterocycles. The average Bonchev–Trinajstić information content (AvgIpc) is 3.10. The number of aromatic nitrogens is 2. The Morgan fingerprint density at radius 3 is 2.70 bits per heavy atom. The van der Waals surface area contributed by atoms with Crippen LogP contribution in [0.1, 0.15) is 42.4 Å². The van der Waals surface area contributed by atoms with Gasteiger partial charge in [-0.05, 0) is 18.1 Å². The van der Waals surface area contributed by atoms with Gasteiger partial charge < -0.3 is 10.1 Å². The summed E-state index contributed by atoms with van der Waals surface area (Å²) in [7, 11) is 0. The summed E-state index contributed by atoms with van der Waals surface area (Å²) < 4.78 is 8.00. The molecule has 1 N–H and O–H groups in total. The number of nitrogens with zero attached hydrogens (tertiary/aromatic N) is 2. The van der Waals surface area contributed by atoms with Crippen molar-refractivity contribution in [2.45, 2.75) is 38.8 Å². The molecule has 5 heteroatoms. The van der Waals surface area contributed by atoms with Crippen molar-refractivity contribution in [2.75, 3.05) is 5.32 Å². The van der Waals surface area contributed by atoms with E-state index < -0.39 is 0 Å².